The Hall–Kier alpha value is -1.42. The Kier molecular flexibility index (Phi) is 3.27. The monoisotopic (exact) mass is 289 g/mol. The van der Waals surface area contributed by atoms with Gasteiger partial charge in [0.05, 0.1) is 15.4 Å². The smallest absolute Gasteiger partial charge is 0.117 e. The second-order valence-corrected chi connectivity index (χ2v) is 5.71. The molecule has 0 saturated carbocycles. The van der Waals surface area contributed by atoms with Crippen molar-refractivity contribution in [3.05, 3.63) is 62.9 Å². The number of rotatable bonds is 2. The lowest BCUT2D eigenvalue weighted by atomic mass is 10.0. The molecule has 4 heteroatoms. The van der Waals surface area contributed by atoms with Gasteiger partial charge in [0.25, 0.3) is 0 Å². The molecule has 0 radical (unpaired) electrons. The van der Waals surface area contributed by atoms with E-state index in [4.69, 9.17) is 11.6 Å². The summed E-state index contributed by atoms with van der Waals surface area (Å²) in [6.45, 7) is 1.94. The molecule has 3 aromatic rings. The molecule has 1 unspecified atom stereocenters. The van der Waals surface area contributed by atoms with E-state index in [-0.39, 0.29) is 0 Å². The number of aliphatic hydroxyl groups excluding tert-OH is 1. The summed E-state index contributed by atoms with van der Waals surface area (Å²) in [6, 6.07) is 9.68. The Morgan fingerprint density at radius 1 is 1.26 bits per heavy atom. The normalized spacial score (nSPS) is 12.8. The minimum atomic E-state index is -0.732. The van der Waals surface area contributed by atoms with E-state index in [0.29, 0.717) is 5.02 Å². The van der Waals surface area contributed by atoms with Crippen LogP contribution in [0.15, 0.2) is 41.9 Å². The van der Waals surface area contributed by atoms with Crippen molar-refractivity contribution in [1.29, 1.82) is 0 Å². The van der Waals surface area contributed by atoms with Crippen molar-refractivity contribution < 1.29 is 5.11 Å². The van der Waals surface area contributed by atoms with E-state index in [1.807, 2.05) is 42.6 Å². The molecule has 0 spiro atoms. The van der Waals surface area contributed by atoms with Gasteiger partial charge in [0.2, 0.25) is 0 Å². The van der Waals surface area contributed by atoms with E-state index in [2.05, 4.69) is 4.98 Å². The van der Waals surface area contributed by atoms with Crippen LogP contribution in [0.3, 0.4) is 0 Å². The Balaban J connectivity index is 2.17. The van der Waals surface area contributed by atoms with Crippen LogP contribution in [0.4, 0.5) is 0 Å². The first-order valence-corrected chi connectivity index (χ1v) is 7.19. The first kappa shape index (κ1) is 12.6. The van der Waals surface area contributed by atoms with Crippen molar-refractivity contribution in [2.24, 2.45) is 0 Å². The van der Waals surface area contributed by atoms with Crippen molar-refractivity contribution in [3.63, 3.8) is 0 Å². The maximum absolute atomic E-state index is 10.6. The van der Waals surface area contributed by atoms with E-state index >= 15 is 0 Å². The predicted molar refractivity (Wildman–Crippen MR) is 79.9 cm³/mol. The number of halogens is 1. The second-order valence-electron chi connectivity index (χ2n) is 4.42. The summed E-state index contributed by atoms with van der Waals surface area (Å²) >= 11 is 7.71. The third kappa shape index (κ3) is 2.14. The van der Waals surface area contributed by atoms with Gasteiger partial charge in [-0.2, -0.15) is 0 Å². The average molecular weight is 290 g/mol. The van der Waals surface area contributed by atoms with Gasteiger partial charge < -0.3 is 5.11 Å². The number of para-hydroxylation sites is 1. The predicted octanol–water partition coefficient (Wildman–Crippen LogP) is 4.34. The third-order valence-electron chi connectivity index (χ3n) is 3.13. The van der Waals surface area contributed by atoms with Gasteiger partial charge in [0.1, 0.15) is 6.10 Å². The van der Waals surface area contributed by atoms with Gasteiger partial charge in [-0.25, -0.2) is 0 Å². The number of aromatic nitrogens is 1. The molecule has 0 aliphatic rings. The van der Waals surface area contributed by atoms with E-state index in [1.165, 1.54) is 11.3 Å². The highest BCUT2D eigenvalue weighted by Gasteiger charge is 2.19. The van der Waals surface area contributed by atoms with E-state index in [0.717, 1.165) is 26.9 Å². The molecule has 2 nitrogen and oxygen atoms in total. The second kappa shape index (κ2) is 4.93. The van der Waals surface area contributed by atoms with Crippen LogP contribution in [0.1, 0.15) is 22.1 Å². The van der Waals surface area contributed by atoms with Crippen LogP contribution in [0.5, 0.6) is 0 Å². The molecule has 1 atom stereocenters. The summed E-state index contributed by atoms with van der Waals surface area (Å²) in [6.07, 6.45) is 1.00. The highest BCUT2D eigenvalue weighted by molar-refractivity contribution is 7.10. The average Bonchev–Trinajstić information content (AvgIpc) is 2.78. The largest absolute Gasteiger partial charge is 0.383 e. The van der Waals surface area contributed by atoms with Gasteiger partial charge in [-0.1, -0.05) is 35.9 Å². The SMILES string of the molecule is Cc1csc(C(O)c2cccc3cccnc23)c1Cl. The van der Waals surface area contributed by atoms with Crippen LogP contribution in [-0.4, -0.2) is 10.1 Å². The maximum Gasteiger partial charge on any atom is 0.117 e. The molecule has 1 N–H and O–H groups in total. The van der Waals surface area contributed by atoms with Crippen molar-refractivity contribution in [1.82, 2.24) is 4.98 Å². The Bertz CT molecular complexity index is 733. The molecule has 3 rings (SSSR count). The molecule has 0 fully saturated rings. The lowest BCUT2D eigenvalue weighted by Gasteiger charge is -2.12. The van der Waals surface area contributed by atoms with E-state index < -0.39 is 6.10 Å². The summed E-state index contributed by atoms with van der Waals surface area (Å²) in [4.78, 5) is 5.14. The van der Waals surface area contributed by atoms with Crippen LogP contribution in [0, 0.1) is 6.92 Å². The van der Waals surface area contributed by atoms with Gasteiger partial charge in [-0.15, -0.1) is 11.3 Å². The quantitative estimate of drug-likeness (QED) is 0.761. The van der Waals surface area contributed by atoms with Gasteiger partial charge >= 0.3 is 0 Å². The van der Waals surface area contributed by atoms with Crippen LogP contribution >= 0.6 is 22.9 Å². The summed E-state index contributed by atoms with van der Waals surface area (Å²) in [5, 5.41) is 14.2. The summed E-state index contributed by atoms with van der Waals surface area (Å²) < 4.78 is 0. The van der Waals surface area contributed by atoms with E-state index in [9.17, 15) is 5.11 Å². The Morgan fingerprint density at radius 2 is 2.05 bits per heavy atom. The zero-order valence-electron chi connectivity index (χ0n) is 10.3. The van der Waals surface area contributed by atoms with Crippen molar-refractivity contribution in [2.45, 2.75) is 13.0 Å². The minimum absolute atomic E-state index is 0.644. The van der Waals surface area contributed by atoms with Crippen LogP contribution in [0.2, 0.25) is 5.02 Å². The summed E-state index contributed by atoms with van der Waals surface area (Å²) in [5.41, 5.74) is 2.61. The van der Waals surface area contributed by atoms with Gasteiger partial charge in [0, 0.05) is 17.1 Å². The number of fused-ring (bicyclic) bond motifs is 1. The van der Waals surface area contributed by atoms with E-state index in [1.54, 1.807) is 6.20 Å². The molecule has 0 aliphatic carbocycles. The molecule has 2 aromatic heterocycles. The standard InChI is InChI=1S/C15H12ClNOS/c1-9-8-19-15(12(9)16)14(18)11-6-2-4-10-5-3-7-17-13(10)11/h2-8,14,18H,1H3. The number of thiophene rings is 1. The third-order valence-corrected chi connectivity index (χ3v) is 4.90. The van der Waals surface area contributed by atoms with Gasteiger partial charge in [-0.3, -0.25) is 4.98 Å². The lowest BCUT2D eigenvalue weighted by molar-refractivity contribution is 0.225. The van der Waals surface area contributed by atoms with Crippen molar-refractivity contribution in [3.8, 4) is 0 Å². The minimum Gasteiger partial charge on any atom is -0.383 e. The Labute approximate surface area is 120 Å². The molecule has 0 saturated heterocycles. The first-order chi connectivity index (χ1) is 9.18. The highest BCUT2D eigenvalue weighted by atomic mass is 35.5. The summed E-state index contributed by atoms with van der Waals surface area (Å²) in [7, 11) is 0. The topological polar surface area (TPSA) is 33.1 Å². The zero-order valence-corrected chi connectivity index (χ0v) is 11.9. The van der Waals surface area contributed by atoms with Crippen LogP contribution in [0.25, 0.3) is 10.9 Å². The number of pyridine rings is 1. The molecular weight excluding hydrogens is 278 g/mol. The Morgan fingerprint density at radius 3 is 2.79 bits per heavy atom. The summed E-state index contributed by atoms with van der Waals surface area (Å²) in [5.74, 6) is 0. The number of benzene rings is 1. The van der Waals surface area contributed by atoms with Crippen LogP contribution in [-0.2, 0) is 0 Å². The first-order valence-electron chi connectivity index (χ1n) is 5.93. The molecule has 1 aromatic carbocycles. The molecule has 96 valence electrons. The molecule has 0 amide bonds. The molecule has 0 aliphatic heterocycles. The number of hydrogen-bond donors (Lipinski definition) is 1. The molecule has 0 bridgehead atoms. The highest BCUT2D eigenvalue weighted by Crippen LogP contribution is 2.37. The number of aryl methyl sites for hydroxylation is 1. The maximum atomic E-state index is 10.6. The fourth-order valence-electron chi connectivity index (χ4n) is 2.12. The lowest BCUT2D eigenvalue weighted by Crippen LogP contribution is -2.00. The number of nitrogens with zero attached hydrogens (tertiary/aromatic N) is 1. The van der Waals surface area contributed by atoms with Crippen molar-refractivity contribution >= 4 is 33.8 Å². The van der Waals surface area contributed by atoms with Gasteiger partial charge in [0.15, 0.2) is 0 Å². The van der Waals surface area contributed by atoms with Crippen molar-refractivity contribution in [2.75, 3.05) is 0 Å². The van der Waals surface area contributed by atoms with Gasteiger partial charge in [-0.05, 0) is 23.9 Å². The molecular formula is C15H12ClNOS. The number of hydrogen-bond acceptors (Lipinski definition) is 3. The fourth-order valence-corrected chi connectivity index (χ4v) is 3.42. The van der Waals surface area contributed by atoms with Crippen LogP contribution < -0.4 is 0 Å². The number of aliphatic hydroxyl groups is 1. The molecule has 2 heterocycles. The molecule has 19 heavy (non-hydrogen) atoms. The fraction of sp³-hybridized carbons (Fsp3) is 0.133. The zero-order chi connectivity index (χ0) is 13.4.